The molecule has 0 fully saturated rings. The number of carbonyl (C=O) groups excluding carboxylic acids is 1. The first-order valence-corrected chi connectivity index (χ1v) is 18.5. The Balaban J connectivity index is 0.000000703. The Hall–Kier alpha value is -6.11. The highest BCUT2D eigenvalue weighted by molar-refractivity contribution is 5.83. The Morgan fingerprint density at radius 3 is 1.92 bits per heavy atom. The third-order valence-electron chi connectivity index (χ3n) is 9.58. The summed E-state index contributed by atoms with van der Waals surface area (Å²) in [6.07, 6.45) is -8.97. The number of aryl methyl sites for hydroxylation is 2. The Bertz CT molecular complexity index is 2320. The molecular formula is C42H42F6N4O8. The number of rotatable bonds is 16. The molecule has 1 amide bonds. The van der Waals surface area contributed by atoms with E-state index in [1.807, 2.05) is 26.0 Å². The number of hydrogen-bond donors (Lipinski definition) is 4. The number of likely N-dealkylation sites (N-methyl/N-ethyl adjacent to an activating group) is 1. The van der Waals surface area contributed by atoms with Crippen molar-refractivity contribution in [2.24, 2.45) is 0 Å². The van der Waals surface area contributed by atoms with Gasteiger partial charge in [-0.2, -0.15) is 18.2 Å². The predicted octanol–water partition coefficient (Wildman–Crippen LogP) is 5.53. The standard InChI is InChI=1S/C38H36F6N4O2.C4H6O6/c1-3-46(4-2)20-21-47(23-25-8-10-26(11-9-25)27-12-15-29(16-13-27)38(42,43)44)35(49)24-48-33-18-17-30(39)22-31(33)37(50)45-34(48)19-14-28-6-5-7-32(40)36(28)41;5-1(3(7)8)2(6)4(9)10/h5-13,15-18,22H,3-4,14,19-21,23-24H2,1-2H3;1-2,5-6H,(H,7,8)(H,9,10). The lowest BCUT2D eigenvalue weighted by Gasteiger charge is -2.28. The number of carbonyl (C=O) groups is 3. The van der Waals surface area contributed by atoms with E-state index in [1.54, 1.807) is 17.0 Å². The highest BCUT2D eigenvalue weighted by Gasteiger charge is 2.30. The molecule has 18 heteroatoms. The summed E-state index contributed by atoms with van der Waals surface area (Å²) in [5.74, 6) is -6.36. The van der Waals surface area contributed by atoms with Gasteiger partial charge in [0.15, 0.2) is 23.8 Å². The zero-order chi connectivity index (χ0) is 44.3. The molecule has 5 aromatic rings. The van der Waals surface area contributed by atoms with Crippen molar-refractivity contribution < 1.29 is 61.2 Å². The SMILES string of the molecule is CCN(CC)CCN(Cc1ccc(-c2ccc(C(F)(F)F)cc2)cc1)C(=O)Cn1c(CCc2cccc(F)c2F)nc(=O)c2cc(F)ccc21.O=C(O)C(O)C(O)C(=O)O. The largest absolute Gasteiger partial charge is 0.479 e. The summed E-state index contributed by atoms with van der Waals surface area (Å²) in [7, 11) is 0. The van der Waals surface area contributed by atoms with E-state index in [-0.39, 0.29) is 54.1 Å². The molecule has 1 aromatic heterocycles. The maximum atomic E-state index is 14.5. The topological polar surface area (TPSA) is 174 Å². The molecule has 0 saturated heterocycles. The lowest BCUT2D eigenvalue weighted by atomic mass is 10.0. The highest BCUT2D eigenvalue weighted by atomic mass is 19.4. The summed E-state index contributed by atoms with van der Waals surface area (Å²) >= 11 is 0. The average Bonchev–Trinajstić information content (AvgIpc) is 3.22. The van der Waals surface area contributed by atoms with E-state index in [0.717, 1.165) is 42.9 Å². The summed E-state index contributed by atoms with van der Waals surface area (Å²) in [6.45, 7) is 6.42. The average molecular weight is 845 g/mol. The lowest BCUT2D eigenvalue weighted by molar-refractivity contribution is -0.165. The molecule has 4 N–H and O–H groups in total. The van der Waals surface area contributed by atoms with Crippen LogP contribution in [-0.4, -0.2) is 96.0 Å². The minimum absolute atomic E-state index is 0.00106. The van der Waals surface area contributed by atoms with Crippen molar-refractivity contribution in [1.82, 2.24) is 19.4 Å². The minimum Gasteiger partial charge on any atom is -0.479 e. The van der Waals surface area contributed by atoms with Gasteiger partial charge in [-0.15, -0.1) is 0 Å². The van der Waals surface area contributed by atoms with Crippen molar-refractivity contribution in [2.75, 3.05) is 26.2 Å². The van der Waals surface area contributed by atoms with E-state index in [9.17, 15) is 45.5 Å². The number of benzene rings is 4. The van der Waals surface area contributed by atoms with Gasteiger partial charge in [-0.1, -0.05) is 62.4 Å². The van der Waals surface area contributed by atoms with Gasteiger partial charge < -0.3 is 34.8 Å². The van der Waals surface area contributed by atoms with Crippen molar-refractivity contribution in [2.45, 2.75) is 58.2 Å². The molecular weight excluding hydrogens is 802 g/mol. The number of carboxylic acid groups (broad SMARTS) is 2. The molecule has 0 spiro atoms. The fourth-order valence-corrected chi connectivity index (χ4v) is 6.12. The number of halogens is 6. The fraction of sp³-hybridized carbons (Fsp3) is 0.310. The number of aliphatic hydroxyl groups excluding tert-OH is 2. The van der Waals surface area contributed by atoms with Crippen LogP contribution in [0.3, 0.4) is 0 Å². The number of alkyl halides is 3. The molecule has 0 aliphatic rings. The second kappa shape index (κ2) is 20.7. The van der Waals surface area contributed by atoms with Crippen molar-refractivity contribution in [1.29, 1.82) is 0 Å². The number of aliphatic hydroxyl groups is 2. The second-order valence-corrected chi connectivity index (χ2v) is 13.5. The number of nitrogens with zero attached hydrogens (tertiary/aromatic N) is 4. The van der Waals surface area contributed by atoms with E-state index in [4.69, 9.17) is 20.4 Å². The summed E-state index contributed by atoms with van der Waals surface area (Å²) in [5.41, 5.74) is 1.01. The van der Waals surface area contributed by atoms with Crippen LogP contribution in [-0.2, 0) is 46.5 Å². The maximum absolute atomic E-state index is 14.5. The van der Waals surface area contributed by atoms with Crippen molar-refractivity contribution in [3.05, 3.63) is 135 Å². The normalized spacial score (nSPS) is 12.4. The minimum atomic E-state index is -4.43. The first-order chi connectivity index (χ1) is 28.3. The van der Waals surface area contributed by atoms with Gasteiger partial charge in [0.05, 0.1) is 16.5 Å². The van der Waals surface area contributed by atoms with E-state index in [0.29, 0.717) is 24.2 Å². The Morgan fingerprint density at radius 1 is 0.783 bits per heavy atom. The van der Waals surface area contributed by atoms with E-state index < -0.39 is 58.9 Å². The third-order valence-corrected chi connectivity index (χ3v) is 9.58. The molecule has 0 aliphatic carbocycles. The molecule has 2 atom stereocenters. The molecule has 0 radical (unpaired) electrons. The first-order valence-electron chi connectivity index (χ1n) is 18.5. The van der Waals surface area contributed by atoms with Gasteiger partial charge in [0, 0.05) is 26.1 Å². The van der Waals surface area contributed by atoms with Gasteiger partial charge >= 0.3 is 18.1 Å². The van der Waals surface area contributed by atoms with Crippen LogP contribution in [0.5, 0.6) is 0 Å². The summed E-state index contributed by atoms with van der Waals surface area (Å²) in [6, 6.07) is 19.5. The van der Waals surface area contributed by atoms with Crippen molar-refractivity contribution >= 4 is 28.7 Å². The van der Waals surface area contributed by atoms with Crippen LogP contribution in [0, 0.1) is 17.5 Å². The zero-order valence-corrected chi connectivity index (χ0v) is 32.4. The predicted molar refractivity (Wildman–Crippen MR) is 207 cm³/mol. The molecule has 0 saturated carbocycles. The second-order valence-electron chi connectivity index (χ2n) is 13.5. The fourth-order valence-electron chi connectivity index (χ4n) is 6.12. The van der Waals surface area contributed by atoms with Crippen LogP contribution in [0.1, 0.15) is 36.4 Å². The van der Waals surface area contributed by atoms with Crippen molar-refractivity contribution in [3.8, 4) is 11.1 Å². The van der Waals surface area contributed by atoms with Crippen LogP contribution in [0.15, 0.2) is 89.7 Å². The van der Waals surface area contributed by atoms with Gasteiger partial charge in [-0.05, 0) is 78.2 Å². The van der Waals surface area contributed by atoms with E-state index in [2.05, 4.69) is 9.88 Å². The highest BCUT2D eigenvalue weighted by Crippen LogP contribution is 2.31. The van der Waals surface area contributed by atoms with Crippen LogP contribution in [0.4, 0.5) is 26.3 Å². The monoisotopic (exact) mass is 844 g/mol. The van der Waals surface area contributed by atoms with E-state index in [1.165, 1.54) is 41.0 Å². The van der Waals surface area contributed by atoms with Crippen LogP contribution in [0.25, 0.3) is 22.0 Å². The van der Waals surface area contributed by atoms with Gasteiger partial charge in [-0.25, -0.2) is 22.8 Å². The Labute approximate surface area is 339 Å². The van der Waals surface area contributed by atoms with Crippen molar-refractivity contribution in [3.63, 3.8) is 0 Å². The molecule has 60 heavy (non-hydrogen) atoms. The molecule has 4 aromatic carbocycles. The number of aliphatic carboxylic acids is 2. The Morgan fingerprint density at radius 2 is 1.37 bits per heavy atom. The van der Waals surface area contributed by atoms with Crippen LogP contribution >= 0.6 is 0 Å². The molecule has 320 valence electrons. The number of amides is 1. The van der Waals surface area contributed by atoms with Gasteiger partial charge in [0.1, 0.15) is 18.2 Å². The molecule has 0 aliphatic heterocycles. The smallest absolute Gasteiger partial charge is 0.416 e. The summed E-state index contributed by atoms with van der Waals surface area (Å²) in [5, 5.41) is 32.5. The number of fused-ring (bicyclic) bond motifs is 1. The molecule has 5 rings (SSSR count). The quantitative estimate of drug-likeness (QED) is 0.0926. The molecule has 12 nitrogen and oxygen atoms in total. The van der Waals surface area contributed by atoms with Gasteiger partial charge in [-0.3, -0.25) is 9.59 Å². The van der Waals surface area contributed by atoms with Gasteiger partial charge in [0.25, 0.3) is 5.56 Å². The van der Waals surface area contributed by atoms with Gasteiger partial charge in [0.2, 0.25) is 5.91 Å². The number of carboxylic acids is 2. The summed E-state index contributed by atoms with van der Waals surface area (Å²) < 4.78 is 83.2. The Kier molecular flexibility index (Phi) is 16.1. The van der Waals surface area contributed by atoms with E-state index >= 15 is 0 Å². The summed E-state index contributed by atoms with van der Waals surface area (Å²) in [4.78, 5) is 54.6. The first kappa shape index (κ1) is 46.6. The van der Waals surface area contributed by atoms with Crippen LogP contribution < -0.4 is 5.56 Å². The third kappa shape index (κ3) is 12.2. The number of aromatic nitrogens is 2. The number of hydrogen-bond acceptors (Lipinski definition) is 8. The lowest BCUT2D eigenvalue weighted by Crippen LogP contribution is -2.40. The molecule has 2 unspecified atom stereocenters. The maximum Gasteiger partial charge on any atom is 0.416 e. The molecule has 0 bridgehead atoms. The van der Waals surface area contributed by atoms with Crippen LogP contribution in [0.2, 0.25) is 0 Å². The molecule has 1 heterocycles. The zero-order valence-electron chi connectivity index (χ0n) is 32.4.